The monoisotopic (exact) mass is 374 g/mol. The van der Waals surface area contributed by atoms with Crippen molar-refractivity contribution in [1.29, 1.82) is 0 Å². The summed E-state index contributed by atoms with van der Waals surface area (Å²) < 4.78 is 5.38. The first kappa shape index (κ1) is 20.9. The van der Waals surface area contributed by atoms with Gasteiger partial charge in [0.2, 0.25) is 5.91 Å². The van der Waals surface area contributed by atoms with Gasteiger partial charge in [0.1, 0.15) is 0 Å². The minimum atomic E-state index is -0.881. The predicted molar refractivity (Wildman–Crippen MR) is 104 cm³/mol. The molecule has 0 radical (unpaired) electrons. The van der Waals surface area contributed by atoms with Crippen LogP contribution in [0.1, 0.15) is 63.7 Å². The Morgan fingerprint density at radius 3 is 2.11 bits per heavy atom. The van der Waals surface area contributed by atoms with Crippen LogP contribution in [-0.4, -0.2) is 23.9 Å². The van der Waals surface area contributed by atoms with Crippen molar-refractivity contribution in [3.05, 3.63) is 29.8 Å². The standard InChI is InChI=1S/C21H30N2O4/c1-13(19(25)23-17-11-7-14(8-12-17)18(22)24)27-20(26)15-5-9-16(10-6-15)21(2,3)4/h7-8,11-13,15-16H,5-6,9-10H2,1-4H3,(H2,22,24)(H,23,25). The van der Waals surface area contributed by atoms with Gasteiger partial charge in [-0.1, -0.05) is 20.8 Å². The number of carbonyl (C=O) groups is 3. The molecule has 0 bridgehead atoms. The lowest BCUT2D eigenvalue weighted by molar-refractivity contribution is -0.158. The van der Waals surface area contributed by atoms with Gasteiger partial charge in [-0.15, -0.1) is 0 Å². The van der Waals surface area contributed by atoms with Gasteiger partial charge in [0.25, 0.3) is 5.91 Å². The van der Waals surface area contributed by atoms with E-state index < -0.39 is 17.9 Å². The molecule has 1 atom stereocenters. The van der Waals surface area contributed by atoms with Crippen LogP contribution in [0.15, 0.2) is 24.3 Å². The molecule has 1 aromatic carbocycles. The van der Waals surface area contributed by atoms with Gasteiger partial charge in [-0.3, -0.25) is 14.4 Å². The van der Waals surface area contributed by atoms with Crippen LogP contribution in [0.2, 0.25) is 0 Å². The number of nitrogens with one attached hydrogen (secondary N) is 1. The lowest BCUT2D eigenvalue weighted by atomic mass is 9.70. The molecule has 1 saturated carbocycles. The molecule has 0 saturated heterocycles. The molecule has 0 heterocycles. The van der Waals surface area contributed by atoms with Gasteiger partial charge in [0.15, 0.2) is 6.10 Å². The lowest BCUT2D eigenvalue weighted by Crippen LogP contribution is -2.34. The molecule has 2 rings (SSSR count). The number of rotatable bonds is 5. The number of nitrogens with two attached hydrogens (primary N) is 1. The number of benzene rings is 1. The number of esters is 1. The largest absolute Gasteiger partial charge is 0.452 e. The molecule has 6 nitrogen and oxygen atoms in total. The number of hydrogen-bond acceptors (Lipinski definition) is 4. The zero-order valence-electron chi connectivity index (χ0n) is 16.6. The number of primary amides is 1. The maximum Gasteiger partial charge on any atom is 0.309 e. The van der Waals surface area contributed by atoms with Crippen LogP contribution in [-0.2, 0) is 14.3 Å². The van der Waals surface area contributed by atoms with E-state index in [0.29, 0.717) is 17.2 Å². The van der Waals surface area contributed by atoms with Crippen molar-refractivity contribution >= 4 is 23.5 Å². The molecule has 3 N–H and O–H groups in total. The first-order valence-electron chi connectivity index (χ1n) is 9.49. The van der Waals surface area contributed by atoms with Gasteiger partial charge in [0, 0.05) is 11.3 Å². The molecule has 1 aliphatic rings. The van der Waals surface area contributed by atoms with E-state index >= 15 is 0 Å². The number of hydrogen-bond donors (Lipinski definition) is 2. The Hall–Kier alpha value is -2.37. The Morgan fingerprint density at radius 1 is 1.07 bits per heavy atom. The van der Waals surface area contributed by atoms with E-state index in [4.69, 9.17) is 10.5 Å². The summed E-state index contributed by atoms with van der Waals surface area (Å²) >= 11 is 0. The molecule has 148 valence electrons. The molecule has 6 heteroatoms. The van der Waals surface area contributed by atoms with Crippen molar-refractivity contribution in [1.82, 2.24) is 0 Å². The fourth-order valence-corrected chi connectivity index (χ4v) is 3.48. The van der Waals surface area contributed by atoms with Crippen molar-refractivity contribution in [3.63, 3.8) is 0 Å². The van der Waals surface area contributed by atoms with Gasteiger partial charge in [-0.05, 0) is 68.2 Å². The van der Waals surface area contributed by atoms with Gasteiger partial charge >= 0.3 is 5.97 Å². The second-order valence-corrected chi connectivity index (χ2v) is 8.42. The van der Waals surface area contributed by atoms with Crippen molar-refractivity contribution in [2.75, 3.05) is 5.32 Å². The SMILES string of the molecule is CC(OC(=O)C1CCC(C(C)(C)C)CC1)C(=O)Nc1ccc(C(N)=O)cc1. The van der Waals surface area contributed by atoms with Crippen molar-refractivity contribution < 1.29 is 19.1 Å². The second kappa shape index (κ2) is 8.55. The number of amides is 2. The third-order valence-electron chi connectivity index (χ3n) is 5.38. The highest BCUT2D eigenvalue weighted by molar-refractivity contribution is 5.96. The Morgan fingerprint density at radius 2 is 1.63 bits per heavy atom. The normalized spacial score (nSPS) is 21.2. The van der Waals surface area contributed by atoms with Crippen molar-refractivity contribution in [2.45, 2.75) is 59.5 Å². The Balaban J connectivity index is 1.83. The Kier molecular flexibility index (Phi) is 6.63. The summed E-state index contributed by atoms with van der Waals surface area (Å²) in [5.74, 6) is -0.747. The molecule has 1 unspecified atom stereocenters. The molecule has 0 spiro atoms. The smallest absolute Gasteiger partial charge is 0.309 e. The first-order valence-corrected chi connectivity index (χ1v) is 9.49. The molecular formula is C21H30N2O4. The van der Waals surface area contributed by atoms with Gasteiger partial charge in [-0.25, -0.2) is 0 Å². The zero-order chi connectivity index (χ0) is 20.2. The molecule has 2 amide bonds. The van der Waals surface area contributed by atoms with E-state index in [1.165, 1.54) is 12.1 Å². The van der Waals surface area contributed by atoms with Gasteiger partial charge in [0.05, 0.1) is 5.92 Å². The Labute approximate surface area is 160 Å². The first-order chi connectivity index (χ1) is 12.6. The minimum Gasteiger partial charge on any atom is -0.452 e. The minimum absolute atomic E-state index is 0.131. The van der Waals surface area contributed by atoms with E-state index in [1.807, 2.05) is 0 Å². The molecule has 1 aliphatic carbocycles. The van der Waals surface area contributed by atoms with E-state index in [1.54, 1.807) is 19.1 Å². The highest BCUT2D eigenvalue weighted by Crippen LogP contribution is 2.40. The fourth-order valence-electron chi connectivity index (χ4n) is 3.48. The number of ether oxygens (including phenoxy) is 1. The molecular weight excluding hydrogens is 344 g/mol. The molecule has 0 aliphatic heterocycles. The number of carbonyl (C=O) groups excluding carboxylic acids is 3. The third-order valence-corrected chi connectivity index (χ3v) is 5.38. The van der Waals surface area contributed by atoms with Gasteiger partial charge in [-0.2, -0.15) is 0 Å². The highest BCUT2D eigenvalue weighted by atomic mass is 16.5. The van der Waals surface area contributed by atoms with Crippen LogP contribution >= 0.6 is 0 Å². The van der Waals surface area contributed by atoms with E-state index in [2.05, 4.69) is 26.1 Å². The van der Waals surface area contributed by atoms with Crippen LogP contribution in [0.4, 0.5) is 5.69 Å². The average molecular weight is 374 g/mol. The summed E-state index contributed by atoms with van der Waals surface area (Å²) in [5.41, 5.74) is 6.32. The summed E-state index contributed by atoms with van der Waals surface area (Å²) in [7, 11) is 0. The maximum atomic E-state index is 12.4. The van der Waals surface area contributed by atoms with Crippen molar-refractivity contribution in [2.24, 2.45) is 23.0 Å². The highest BCUT2D eigenvalue weighted by Gasteiger charge is 2.34. The van der Waals surface area contributed by atoms with Crippen LogP contribution in [0, 0.1) is 17.3 Å². The van der Waals surface area contributed by atoms with Crippen molar-refractivity contribution in [3.8, 4) is 0 Å². The van der Waals surface area contributed by atoms with E-state index in [-0.39, 0.29) is 17.3 Å². The van der Waals surface area contributed by atoms with E-state index in [0.717, 1.165) is 25.7 Å². The van der Waals surface area contributed by atoms with Crippen LogP contribution in [0.3, 0.4) is 0 Å². The predicted octanol–water partition coefficient (Wildman–Crippen LogP) is 3.51. The molecule has 1 fully saturated rings. The van der Waals surface area contributed by atoms with Crippen LogP contribution in [0.25, 0.3) is 0 Å². The second-order valence-electron chi connectivity index (χ2n) is 8.42. The lowest BCUT2D eigenvalue weighted by Gasteiger charge is -2.36. The summed E-state index contributed by atoms with van der Waals surface area (Å²) in [5, 5.41) is 2.67. The average Bonchev–Trinajstić information content (AvgIpc) is 2.61. The molecule has 1 aromatic rings. The maximum absolute atomic E-state index is 12.4. The van der Waals surface area contributed by atoms with E-state index in [9.17, 15) is 14.4 Å². The fraction of sp³-hybridized carbons (Fsp3) is 0.571. The summed E-state index contributed by atoms with van der Waals surface area (Å²) in [4.78, 5) is 35.7. The molecule has 27 heavy (non-hydrogen) atoms. The quantitative estimate of drug-likeness (QED) is 0.771. The van der Waals surface area contributed by atoms with Gasteiger partial charge < -0.3 is 15.8 Å². The summed E-state index contributed by atoms with van der Waals surface area (Å²) in [6, 6.07) is 6.23. The summed E-state index contributed by atoms with van der Waals surface area (Å²) in [6.07, 6.45) is 2.76. The third kappa shape index (κ3) is 5.81. The summed E-state index contributed by atoms with van der Waals surface area (Å²) in [6.45, 7) is 8.27. The molecule has 0 aromatic heterocycles. The number of anilines is 1. The Bertz CT molecular complexity index is 683. The van der Waals surface area contributed by atoms with Crippen LogP contribution < -0.4 is 11.1 Å². The topological polar surface area (TPSA) is 98.5 Å². The van der Waals surface area contributed by atoms with Crippen LogP contribution in [0.5, 0.6) is 0 Å². The zero-order valence-corrected chi connectivity index (χ0v) is 16.6.